The molecule has 0 radical (unpaired) electrons. The summed E-state index contributed by atoms with van der Waals surface area (Å²) in [6.07, 6.45) is -0.175. The Balaban J connectivity index is 0.00000582. The van der Waals surface area contributed by atoms with E-state index in [1.165, 1.54) is 16.7 Å². The number of pyridine rings is 1. The first-order valence-corrected chi connectivity index (χ1v) is 22.8. The molecule has 1 aliphatic rings. The maximum Gasteiger partial charge on any atom is 0.135 e. The number of anilines is 4. The molecule has 6 heteroatoms. The fourth-order valence-electron chi connectivity index (χ4n) is 9.08. The molecule has 10 aromatic rings. The van der Waals surface area contributed by atoms with Crippen LogP contribution < -0.4 is 14.5 Å². The summed E-state index contributed by atoms with van der Waals surface area (Å²) in [4.78, 5) is 9.04. The third-order valence-corrected chi connectivity index (χ3v) is 12.5. The van der Waals surface area contributed by atoms with E-state index in [0.29, 0.717) is 22.6 Å². The van der Waals surface area contributed by atoms with Gasteiger partial charge < -0.3 is 19.1 Å². The Morgan fingerprint density at radius 3 is 1.90 bits per heavy atom. The molecule has 0 saturated carbocycles. The molecule has 0 saturated heterocycles. The zero-order valence-electron chi connectivity index (χ0n) is 41.8. The van der Waals surface area contributed by atoms with Gasteiger partial charge >= 0.3 is 0 Å². The first-order chi connectivity index (χ1) is 33.7. The van der Waals surface area contributed by atoms with Crippen LogP contribution in [-0.2, 0) is 31.9 Å². The van der Waals surface area contributed by atoms with Crippen molar-refractivity contribution in [3.05, 3.63) is 224 Å². The molecule has 0 amide bonds. The second kappa shape index (κ2) is 17.8. The molecule has 2 aromatic heterocycles. The number of rotatable bonds is 8. The van der Waals surface area contributed by atoms with E-state index in [9.17, 15) is 1.37 Å². The van der Waals surface area contributed by atoms with Gasteiger partial charge in [-0.15, -0.1) is 48.1 Å². The van der Waals surface area contributed by atoms with Crippen molar-refractivity contribution < 1.29 is 29.9 Å². The number of nitrogens with zero attached hydrogens (tertiary/aromatic N) is 4. The number of fused-ring (bicyclic) bond motifs is 4. The Hall–Kier alpha value is -7.20. The van der Waals surface area contributed by atoms with Gasteiger partial charge in [0.05, 0.1) is 4.11 Å². The van der Waals surface area contributed by atoms with Crippen LogP contribution in [0, 0.1) is 18.8 Å². The standard InChI is InChI=1S/C62H51N4O.Pt/c1-61(2,3)46-33-34-63-59(38-46)66-55-28-14-13-25-53(55)54-32-31-50(40-58(54)66)67-49-24-17-23-48(39-49)64-41-65(57-30-16-15-29-56(57)64)60-51(43-21-11-8-12-22-43)26-18-27-52(60)45-35-44(42-19-9-7-10-20-42)36-47(37-45)62(4,5)6;/h7-38,41H,1-6H3;/q-3;/i33D,34D,38D;. The Labute approximate surface area is 418 Å². The normalized spacial score (nSPS) is 13.2. The summed E-state index contributed by atoms with van der Waals surface area (Å²) in [5.74, 6) is 1.23. The van der Waals surface area contributed by atoms with Gasteiger partial charge in [0.25, 0.3) is 0 Å². The number of aromatic nitrogens is 2. The van der Waals surface area contributed by atoms with Gasteiger partial charge in [0, 0.05) is 72.4 Å². The molecule has 3 heterocycles. The molecule has 1 aliphatic heterocycles. The SMILES string of the molecule is [2H]c1nc(-n2c3[c-]c(Oc4[c-]c(N5[CH-]N(c6c(-c7ccccc7)cccc6-c6cc(-c7ccccc7)cc(C(C)(C)C)c6)c6ccccc65)ccc4)ccc3c3ccccc32)c([2H])c(C(C)(C)C)c1[2H].[Pt]. The summed E-state index contributed by atoms with van der Waals surface area (Å²) in [6, 6.07) is 68.3. The fraction of sp³-hybridized carbons (Fsp3) is 0.129. The van der Waals surface area contributed by atoms with E-state index < -0.39 is 5.41 Å². The summed E-state index contributed by atoms with van der Waals surface area (Å²) >= 11 is 0. The maximum absolute atomic E-state index is 9.36. The Morgan fingerprint density at radius 2 is 1.16 bits per heavy atom. The van der Waals surface area contributed by atoms with Gasteiger partial charge in [0.1, 0.15) is 5.82 Å². The molecule has 0 unspecified atom stereocenters. The van der Waals surface area contributed by atoms with Gasteiger partial charge in [-0.1, -0.05) is 168 Å². The predicted molar refractivity (Wildman–Crippen MR) is 278 cm³/mol. The van der Waals surface area contributed by atoms with Crippen LogP contribution in [0.4, 0.5) is 22.7 Å². The van der Waals surface area contributed by atoms with Crippen molar-refractivity contribution >= 4 is 44.6 Å². The Kier molecular flexibility index (Phi) is 10.7. The van der Waals surface area contributed by atoms with Gasteiger partial charge in [-0.05, 0) is 85.9 Å². The Bertz CT molecular complexity index is 3640. The average Bonchev–Trinajstić information content (AvgIpc) is 3.90. The van der Waals surface area contributed by atoms with Crippen molar-refractivity contribution in [1.82, 2.24) is 9.55 Å². The summed E-state index contributed by atoms with van der Waals surface area (Å²) in [7, 11) is 0. The molecule has 0 spiro atoms. The van der Waals surface area contributed by atoms with Gasteiger partial charge in [-0.25, -0.2) is 4.98 Å². The van der Waals surface area contributed by atoms with E-state index >= 15 is 0 Å². The van der Waals surface area contributed by atoms with E-state index in [4.69, 9.17) is 7.48 Å². The molecule has 0 bridgehead atoms. The molecule has 0 fully saturated rings. The van der Waals surface area contributed by atoms with E-state index in [2.05, 4.69) is 176 Å². The van der Waals surface area contributed by atoms with Crippen LogP contribution in [0.2, 0.25) is 0 Å². The van der Waals surface area contributed by atoms with Crippen LogP contribution in [0.25, 0.3) is 61.0 Å². The van der Waals surface area contributed by atoms with Gasteiger partial charge in [0.2, 0.25) is 0 Å². The second-order valence-electron chi connectivity index (χ2n) is 19.2. The summed E-state index contributed by atoms with van der Waals surface area (Å²) in [6.45, 7) is 14.9. The zero-order valence-corrected chi connectivity index (χ0v) is 41.1. The number of hydrogen-bond donors (Lipinski definition) is 0. The molecule has 0 atom stereocenters. The first kappa shape index (κ1) is 41.0. The number of benzene rings is 8. The first-order valence-electron chi connectivity index (χ1n) is 24.3. The molecule has 0 N–H and O–H groups in total. The van der Waals surface area contributed by atoms with Crippen molar-refractivity contribution in [3.63, 3.8) is 0 Å². The average molecular weight is 1070 g/mol. The van der Waals surface area contributed by atoms with Crippen molar-refractivity contribution in [2.75, 3.05) is 9.80 Å². The van der Waals surface area contributed by atoms with E-state index in [1.807, 2.05) is 79.9 Å². The molecule has 11 rings (SSSR count). The molecule has 0 aliphatic carbocycles. The molecule has 5 nitrogen and oxygen atoms in total. The quantitative estimate of drug-likeness (QED) is 0.142. The Morgan fingerprint density at radius 1 is 0.544 bits per heavy atom. The van der Waals surface area contributed by atoms with E-state index in [1.54, 1.807) is 0 Å². The van der Waals surface area contributed by atoms with E-state index in [0.717, 1.165) is 61.3 Å². The van der Waals surface area contributed by atoms with Crippen LogP contribution >= 0.6 is 0 Å². The summed E-state index contributed by atoms with van der Waals surface area (Å²) in [5.41, 5.74) is 13.3. The van der Waals surface area contributed by atoms with Gasteiger partial charge in [-0.2, -0.15) is 12.1 Å². The van der Waals surface area contributed by atoms with Gasteiger partial charge in [-0.3, -0.25) is 0 Å². The minimum Gasteiger partial charge on any atom is -0.509 e. The second-order valence-corrected chi connectivity index (χ2v) is 19.2. The molecule has 68 heavy (non-hydrogen) atoms. The molecular formula is C62H51N4OPt-3. The van der Waals surface area contributed by atoms with Gasteiger partial charge in [0.15, 0.2) is 0 Å². The number of hydrogen-bond acceptors (Lipinski definition) is 4. The topological polar surface area (TPSA) is 33.5 Å². The predicted octanol–water partition coefficient (Wildman–Crippen LogP) is 16.6. The van der Waals surface area contributed by atoms with Crippen molar-refractivity contribution in [2.45, 2.75) is 52.4 Å². The minimum atomic E-state index is -0.554. The molecule has 8 aromatic carbocycles. The smallest absolute Gasteiger partial charge is 0.135 e. The largest absolute Gasteiger partial charge is 0.509 e. The molecule has 338 valence electrons. The minimum absolute atomic E-state index is 0. The third-order valence-electron chi connectivity index (χ3n) is 12.5. The maximum atomic E-state index is 9.36. The van der Waals surface area contributed by atoms with Crippen molar-refractivity contribution in [2.24, 2.45) is 0 Å². The van der Waals surface area contributed by atoms with Crippen LogP contribution in [-0.4, -0.2) is 9.55 Å². The summed E-state index contributed by atoms with van der Waals surface area (Å²) in [5, 5.41) is 1.86. The monoisotopic (exact) mass is 1070 g/mol. The van der Waals surface area contributed by atoms with Crippen molar-refractivity contribution in [1.29, 1.82) is 0 Å². The summed E-state index contributed by atoms with van der Waals surface area (Å²) < 4.78 is 35.3. The fourth-order valence-corrected chi connectivity index (χ4v) is 9.08. The third kappa shape index (κ3) is 8.30. The van der Waals surface area contributed by atoms with Crippen LogP contribution in [0.5, 0.6) is 11.5 Å². The van der Waals surface area contributed by atoms with Crippen LogP contribution in [0.3, 0.4) is 0 Å². The van der Waals surface area contributed by atoms with Crippen LogP contribution in [0.15, 0.2) is 194 Å². The van der Waals surface area contributed by atoms with E-state index in [-0.39, 0.29) is 50.6 Å². The van der Waals surface area contributed by atoms with Crippen molar-refractivity contribution in [3.8, 4) is 50.7 Å². The number of ether oxygens (including phenoxy) is 1. The zero-order chi connectivity index (χ0) is 48.5. The molecular weight excluding hydrogens is 1010 g/mol. The number of para-hydroxylation sites is 4. The van der Waals surface area contributed by atoms with Crippen LogP contribution in [0.1, 0.15) is 56.8 Å².